The molecule has 0 aliphatic carbocycles. The molecule has 0 radical (unpaired) electrons. The first-order valence-corrected chi connectivity index (χ1v) is 2.69. The predicted octanol–water partition coefficient (Wildman–Crippen LogP) is -0.552. The first-order valence-electron chi connectivity index (χ1n) is 1.19. The molecule has 0 aromatic rings. The van der Waals surface area contributed by atoms with E-state index >= 15 is 0 Å². The topological polar surface area (TPSA) is 54.4 Å². The average Bonchev–Trinajstić information content (AvgIpc) is 1.31. The molecule has 46 valence electrons. The third kappa shape index (κ3) is 4.92. The SMILES string of the molecule is O=S(=O)(O)C(F)F.[NaH]. The van der Waals surface area contributed by atoms with Crippen molar-refractivity contribution in [2.45, 2.75) is 5.76 Å². The summed E-state index contributed by atoms with van der Waals surface area (Å²) in [4.78, 5) is 0. The van der Waals surface area contributed by atoms with E-state index in [1.165, 1.54) is 0 Å². The Morgan fingerprint density at radius 3 is 1.50 bits per heavy atom. The molecule has 0 saturated carbocycles. The number of rotatable bonds is 1. The van der Waals surface area contributed by atoms with Gasteiger partial charge in [-0.05, 0) is 0 Å². The van der Waals surface area contributed by atoms with Crippen LogP contribution >= 0.6 is 0 Å². The van der Waals surface area contributed by atoms with Gasteiger partial charge in [-0.1, -0.05) is 0 Å². The summed E-state index contributed by atoms with van der Waals surface area (Å²) in [6.45, 7) is 0. The zero-order chi connectivity index (χ0) is 6.08. The van der Waals surface area contributed by atoms with E-state index in [2.05, 4.69) is 0 Å². The molecule has 8 heavy (non-hydrogen) atoms. The van der Waals surface area contributed by atoms with Crippen LogP contribution in [0.5, 0.6) is 0 Å². The van der Waals surface area contributed by atoms with Gasteiger partial charge in [0.25, 0.3) is 0 Å². The fourth-order valence-electron chi connectivity index (χ4n) is 0. The Bertz CT molecular complexity index is 139. The zero-order valence-corrected chi connectivity index (χ0v) is 3.82. The summed E-state index contributed by atoms with van der Waals surface area (Å²) < 4.78 is 47.0. The van der Waals surface area contributed by atoms with Crippen LogP contribution in [0.25, 0.3) is 0 Å². The van der Waals surface area contributed by atoms with Crippen LogP contribution in [0.15, 0.2) is 0 Å². The number of hydrogen-bond acceptors (Lipinski definition) is 2. The van der Waals surface area contributed by atoms with Crippen LogP contribution in [0.3, 0.4) is 0 Å². The molecule has 0 fully saturated rings. The molecule has 3 nitrogen and oxygen atoms in total. The molecule has 0 rings (SSSR count). The van der Waals surface area contributed by atoms with Crippen molar-refractivity contribution in [1.29, 1.82) is 0 Å². The van der Waals surface area contributed by atoms with Crippen LogP contribution in [0.2, 0.25) is 0 Å². The third-order valence-electron chi connectivity index (χ3n) is 0.225. The molecule has 0 atom stereocenters. The fraction of sp³-hybridized carbons (Fsp3) is 1.00. The summed E-state index contributed by atoms with van der Waals surface area (Å²) >= 11 is 0. The molecule has 0 aromatic carbocycles. The van der Waals surface area contributed by atoms with E-state index in [-0.39, 0.29) is 29.6 Å². The fourth-order valence-corrected chi connectivity index (χ4v) is 0. The second-order valence-electron chi connectivity index (χ2n) is 0.776. The Morgan fingerprint density at radius 1 is 1.38 bits per heavy atom. The maximum absolute atomic E-state index is 10.7. The first kappa shape index (κ1) is 11.6. The molecular formula is CH3F2NaO3S. The summed E-state index contributed by atoms with van der Waals surface area (Å²) in [5.74, 6) is -3.67. The predicted molar refractivity (Wildman–Crippen MR) is 24.7 cm³/mol. The van der Waals surface area contributed by atoms with Crippen LogP contribution < -0.4 is 0 Å². The van der Waals surface area contributed by atoms with E-state index < -0.39 is 15.9 Å². The molecule has 0 aromatic heterocycles. The van der Waals surface area contributed by atoms with Gasteiger partial charge in [-0.15, -0.1) is 0 Å². The molecule has 0 spiro atoms. The summed E-state index contributed by atoms with van der Waals surface area (Å²) in [6.07, 6.45) is 0. The van der Waals surface area contributed by atoms with Crippen molar-refractivity contribution in [2.75, 3.05) is 0 Å². The van der Waals surface area contributed by atoms with Crippen LogP contribution in [0, 0.1) is 0 Å². The van der Waals surface area contributed by atoms with Crippen molar-refractivity contribution in [1.82, 2.24) is 0 Å². The Hall–Kier alpha value is 0.770. The minimum atomic E-state index is -5.07. The van der Waals surface area contributed by atoms with Crippen molar-refractivity contribution >= 4 is 39.7 Å². The Balaban J connectivity index is 0. The van der Waals surface area contributed by atoms with Gasteiger partial charge in [0.2, 0.25) is 0 Å². The monoisotopic (exact) mass is 156 g/mol. The summed E-state index contributed by atoms with van der Waals surface area (Å²) in [5.41, 5.74) is 0. The van der Waals surface area contributed by atoms with Gasteiger partial charge in [0.15, 0.2) is 0 Å². The van der Waals surface area contributed by atoms with Crippen LogP contribution in [0.4, 0.5) is 8.78 Å². The van der Waals surface area contributed by atoms with Gasteiger partial charge < -0.3 is 0 Å². The summed E-state index contributed by atoms with van der Waals surface area (Å²) in [5, 5.41) is 0. The zero-order valence-electron chi connectivity index (χ0n) is 3.01. The van der Waals surface area contributed by atoms with Crippen LogP contribution in [-0.4, -0.2) is 48.3 Å². The molecule has 0 bridgehead atoms. The molecule has 0 aliphatic heterocycles. The maximum atomic E-state index is 10.7. The van der Waals surface area contributed by atoms with Gasteiger partial charge in [0.1, 0.15) is 0 Å². The average molecular weight is 156 g/mol. The minimum absolute atomic E-state index is 0. The van der Waals surface area contributed by atoms with E-state index in [1.807, 2.05) is 0 Å². The molecule has 0 saturated heterocycles. The molecule has 0 amide bonds. The molecule has 0 heterocycles. The van der Waals surface area contributed by atoms with Crippen molar-refractivity contribution < 1.29 is 21.8 Å². The van der Waals surface area contributed by atoms with Gasteiger partial charge >= 0.3 is 45.4 Å². The van der Waals surface area contributed by atoms with E-state index in [0.29, 0.717) is 0 Å². The Labute approximate surface area is 67.1 Å². The molecule has 1 N–H and O–H groups in total. The standard InChI is InChI=1S/CH2F2O3S.Na.H/c2-1(3)7(4,5)6;;/h1H,(H,4,5,6);;. The van der Waals surface area contributed by atoms with E-state index in [0.717, 1.165) is 0 Å². The molecule has 0 aliphatic rings. The second kappa shape index (κ2) is 3.73. The van der Waals surface area contributed by atoms with Gasteiger partial charge in [-0.2, -0.15) is 17.2 Å². The van der Waals surface area contributed by atoms with Crippen LogP contribution in [-0.2, 0) is 10.1 Å². The van der Waals surface area contributed by atoms with E-state index in [4.69, 9.17) is 13.0 Å². The number of halogens is 2. The second-order valence-corrected chi connectivity index (χ2v) is 2.16. The Kier molecular flexibility index (Phi) is 5.39. The molecule has 0 unspecified atom stereocenters. The van der Waals surface area contributed by atoms with Crippen LogP contribution in [0.1, 0.15) is 0 Å². The summed E-state index contributed by atoms with van der Waals surface area (Å²) in [7, 11) is -5.07. The van der Waals surface area contributed by atoms with Crippen molar-refractivity contribution in [3.8, 4) is 0 Å². The molecule has 7 heteroatoms. The quantitative estimate of drug-likeness (QED) is 0.409. The Morgan fingerprint density at radius 2 is 1.50 bits per heavy atom. The summed E-state index contributed by atoms with van der Waals surface area (Å²) in [6, 6.07) is 0. The third-order valence-corrected chi connectivity index (χ3v) is 0.675. The number of hydrogen-bond donors (Lipinski definition) is 1. The van der Waals surface area contributed by atoms with E-state index in [9.17, 15) is 8.78 Å². The number of alkyl halides is 2. The van der Waals surface area contributed by atoms with Gasteiger partial charge in [0.05, 0.1) is 0 Å². The van der Waals surface area contributed by atoms with Crippen molar-refractivity contribution in [3.63, 3.8) is 0 Å². The van der Waals surface area contributed by atoms with Gasteiger partial charge in [-0.25, -0.2) is 0 Å². The molecular weight excluding hydrogens is 153 g/mol. The van der Waals surface area contributed by atoms with Gasteiger partial charge in [0, 0.05) is 0 Å². The van der Waals surface area contributed by atoms with Crippen molar-refractivity contribution in [3.05, 3.63) is 0 Å². The normalized spacial score (nSPS) is 11.0. The van der Waals surface area contributed by atoms with E-state index in [1.54, 1.807) is 0 Å². The van der Waals surface area contributed by atoms with Crippen molar-refractivity contribution in [2.24, 2.45) is 0 Å². The van der Waals surface area contributed by atoms with Gasteiger partial charge in [-0.3, -0.25) is 4.55 Å². The first-order chi connectivity index (χ1) is 2.94.